The summed E-state index contributed by atoms with van der Waals surface area (Å²) in [4.78, 5) is 19.1. The molecule has 3 aromatic rings. The first-order valence-corrected chi connectivity index (χ1v) is 7.46. The maximum atomic E-state index is 14.2. The molecule has 0 unspecified atom stereocenters. The van der Waals surface area contributed by atoms with Gasteiger partial charge in [-0.2, -0.15) is 0 Å². The molecule has 0 fully saturated rings. The molecule has 24 heavy (non-hydrogen) atoms. The second kappa shape index (κ2) is 5.96. The molecule has 0 aliphatic heterocycles. The van der Waals surface area contributed by atoms with Gasteiger partial charge in [0.1, 0.15) is 28.6 Å². The quantitative estimate of drug-likeness (QED) is 0.722. The van der Waals surface area contributed by atoms with E-state index in [-0.39, 0.29) is 11.3 Å². The second-order valence-corrected chi connectivity index (χ2v) is 6.33. The van der Waals surface area contributed by atoms with Gasteiger partial charge in [0.05, 0.1) is 11.8 Å². The van der Waals surface area contributed by atoms with Crippen molar-refractivity contribution in [3.8, 4) is 11.5 Å². The number of rotatable bonds is 3. The molecule has 0 atom stereocenters. The number of nitrogens with one attached hydrogen (secondary N) is 1. The van der Waals surface area contributed by atoms with E-state index in [1.54, 1.807) is 39.2 Å². The van der Waals surface area contributed by atoms with E-state index in [9.17, 15) is 9.18 Å². The van der Waals surface area contributed by atoms with Crippen molar-refractivity contribution < 1.29 is 18.7 Å². The summed E-state index contributed by atoms with van der Waals surface area (Å²) in [7, 11) is 0. The lowest BCUT2D eigenvalue weighted by Crippen LogP contribution is -2.24. The number of ether oxygens (including phenoxy) is 2. The molecule has 124 valence electrons. The van der Waals surface area contributed by atoms with Gasteiger partial charge < -0.3 is 14.5 Å². The highest BCUT2D eigenvalue weighted by Gasteiger charge is 2.21. The van der Waals surface area contributed by atoms with Gasteiger partial charge in [-0.25, -0.2) is 14.2 Å². The molecule has 0 saturated heterocycles. The van der Waals surface area contributed by atoms with Crippen molar-refractivity contribution in [1.29, 1.82) is 0 Å². The van der Waals surface area contributed by atoms with E-state index in [1.165, 1.54) is 12.1 Å². The zero-order chi connectivity index (χ0) is 17.3. The fourth-order valence-electron chi connectivity index (χ4n) is 2.17. The summed E-state index contributed by atoms with van der Waals surface area (Å²) >= 11 is 0. The van der Waals surface area contributed by atoms with E-state index >= 15 is 0 Å². The van der Waals surface area contributed by atoms with E-state index in [0.717, 1.165) is 17.1 Å². The van der Waals surface area contributed by atoms with Crippen LogP contribution in [0.3, 0.4) is 0 Å². The van der Waals surface area contributed by atoms with E-state index in [2.05, 4.69) is 9.97 Å². The Labute approximate surface area is 138 Å². The Morgan fingerprint density at radius 2 is 1.96 bits per heavy atom. The zero-order valence-corrected chi connectivity index (χ0v) is 13.6. The Morgan fingerprint density at radius 1 is 1.17 bits per heavy atom. The molecule has 0 radical (unpaired) electrons. The van der Waals surface area contributed by atoms with Crippen LogP contribution in [0.2, 0.25) is 0 Å². The first-order chi connectivity index (χ1) is 11.3. The molecule has 1 N–H and O–H groups in total. The number of hydrogen-bond donors (Lipinski definition) is 1. The molecule has 6 heteroatoms. The number of fused-ring (bicyclic) bond motifs is 1. The molecular formula is C18H17FN2O3. The Hall–Kier alpha value is -2.89. The van der Waals surface area contributed by atoms with Gasteiger partial charge in [0.2, 0.25) is 0 Å². The van der Waals surface area contributed by atoms with Crippen LogP contribution in [0.15, 0.2) is 42.7 Å². The van der Waals surface area contributed by atoms with Crippen molar-refractivity contribution in [2.24, 2.45) is 0 Å². The van der Waals surface area contributed by atoms with Crippen LogP contribution in [-0.4, -0.2) is 21.5 Å². The molecular weight excluding hydrogens is 311 g/mol. The summed E-state index contributed by atoms with van der Waals surface area (Å²) in [5.74, 6) is -0.651. The summed E-state index contributed by atoms with van der Waals surface area (Å²) in [6.07, 6.45) is 3.31. The molecule has 0 spiro atoms. The van der Waals surface area contributed by atoms with Crippen molar-refractivity contribution in [2.45, 2.75) is 26.4 Å². The van der Waals surface area contributed by atoms with Crippen molar-refractivity contribution in [1.82, 2.24) is 9.97 Å². The number of benzene rings is 1. The number of nitrogens with zero attached hydrogens (tertiary/aromatic N) is 1. The minimum atomic E-state index is -0.707. The summed E-state index contributed by atoms with van der Waals surface area (Å²) in [6.45, 7) is 5.18. The third kappa shape index (κ3) is 3.53. The third-order valence-corrected chi connectivity index (χ3v) is 3.17. The lowest BCUT2D eigenvalue weighted by molar-refractivity contribution is 0.00647. The predicted molar refractivity (Wildman–Crippen MR) is 87.7 cm³/mol. The van der Waals surface area contributed by atoms with Gasteiger partial charge in [0, 0.05) is 17.6 Å². The molecule has 2 aromatic heterocycles. The van der Waals surface area contributed by atoms with E-state index in [1.807, 2.05) is 6.07 Å². The summed E-state index contributed by atoms with van der Waals surface area (Å²) in [5.41, 5.74) is -0.0682. The predicted octanol–water partition coefficient (Wildman–Crippen LogP) is 4.45. The second-order valence-electron chi connectivity index (χ2n) is 6.33. The molecule has 0 bridgehead atoms. The van der Waals surface area contributed by atoms with Crippen LogP contribution < -0.4 is 4.74 Å². The smallest absolute Gasteiger partial charge is 0.341 e. The largest absolute Gasteiger partial charge is 0.456 e. The number of esters is 1. The number of carbonyl (C=O) groups excluding carboxylic acids is 1. The average molecular weight is 328 g/mol. The van der Waals surface area contributed by atoms with Gasteiger partial charge in [-0.05, 0) is 45.0 Å². The summed E-state index contributed by atoms with van der Waals surface area (Å²) < 4.78 is 25.0. The highest BCUT2D eigenvalue weighted by Crippen LogP contribution is 2.26. The summed E-state index contributed by atoms with van der Waals surface area (Å²) in [6, 6.07) is 7.67. The Kier molecular flexibility index (Phi) is 3.97. The minimum Gasteiger partial charge on any atom is -0.456 e. The van der Waals surface area contributed by atoms with Gasteiger partial charge >= 0.3 is 5.97 Å². The molecule has 0 aliphatic carbocycles. The minimum absolute atomic E-state index is 0.128. The first-order valence-electron chi connectivity index (χ1n) is 7.46. The number of pyridine rings is 1. The maximum absolute atomic E-state index is 14.2. The van der Waals surface area contributed by atoms with E-state index in [4.69, 9.17) is 9.47 Å². The van der Waals surface area contributed by atoms with Crippen molar-refractivity contribution in [3.05, 3.63) is 54.1 Å². The number of halogens is 1. The normalized spacial score (nSPS) is 11.5. The molecule has 1 aromatic carbocycles. The molecule has 3 rings (SSSR count). The van der Waals surface area contributed by atoms with E-state index < -0.39 is 17.4 Å². The van der Waals surface area contributed by atoms with Crippen LogP contribution in [0.5, 0.6) is 11.5 Å². The Balaban J connectivity index is 1.80. The Bertz CT molecular complexity index is 897. The fraction of sp³-hybridized carbons (Fsp3) is 0.222. The van der Waals surface area contributed by atoms with Gasteiger partial charge in [-0.15, -0.1) is 0 Å². The van der Waals surface area contributed by atoms with Crippen LogP contribution in [0.25, 0.3) is 11.0 Å². The number of hydrogen-bond acceptors (Lipinski definition) is 4. The van der Waals surface area contributed by atoms with Crippen LogP contribution in [0, 0.1) is 5.82 Å². The lowest BCUT2D eigenvalue weighted by Gasteiger charge is -2.19. The number of aromatic amines is 1. The lowest BCUT2D eigenvalue weighted by atomic mass is 10.1. The maximum Gasteiger partial charge on any atom is 0.341 e. The van der Waals surface area contributed by atoms with Crippen molar-refractivity contribution in [3.63, 3.8) is 0 Å². The van der Waals surface area contributed by atoms with Crippen LogP contribution >= 0.6 is 0 Å². The average Bonchev–Trinajstić information content (AvgIpc) is 2.93. The first kappa shape index (κ1) is 16.0. The molecule has 0 amide bonds. The van der Waals surface area contributed by atoms with Crippen LogP contribution in [0.4, 0.5) is 4.39 Å². The number of carbonyl (C=O) groups is 1. The molecule has 2 heterocycles. The highest BCUT2D eigenvalue weighted by atomic mass is 19.1. The van der Waals surface area contributed by atoms with Crippen LogP contribution in [0.1, 0.15) is 31.1 Å². The topological polar surface area (TPSA) is 64.2 Å². The summed E-state index contributed by atoms with van der Waals surface area (Å²) in [5, 5.41) is 0.887. The van der Waals surface area contributed by atoms with Gasteiger partial charge in [0.25, 0.3) is 0 Å². The fourth-order valence-corrected chi connectivity index (χ4v) is 2.17. The number of aromatic nitrogens is 2. The SMILES string of the molecule is CC(C)(C)OC(=O)c1ccc(Oc2cnc3[nH]ccc3c2)cc1F. The van der Waals surface area contributed by atoms with Crippen molar-refractivity contribution in [2.75, 3.05) is 0 Å². The van der Waals surface area contributed by atoms with Gasteiger partial charge in [-0.3, -0.25) is 0 Å². The molecule has 0 saturated carbocycles. The van der Waals surface area contributed by atoms with Gasteiger partial charge in [0.15, 0.2) is 0 Å². The zero-order valence-electron chi connectivity index (χ0n) is 13.6. The third-order valence-electron chi connectivity index (χ3n) is 3.17. The molecule has 0 aliphatic rings. The van der Waals surface area contributed by atoms with Gasteiger partial charge in [-0.1, -0.05) is 0 Å². The van der Waals surface area contributed by atoms with Crippen LogP contribution in [-0.2, 0) is 4.74 Å². The van der Waals surface area contributed by atoms with Crippen molar-refractivity contribution >= 4 is 17.0 Å². The monoisotopic (exact) mass is 328 g/mol. The Morgan fingerprint density at radius 3 is 2.67 bits per heavy atom. The molecule has 5 nitrogen and oxygen atoms in total. The highest BCUT2D eigenvalue weighted by molar-refractivity contribution is 5.90. The standard InChI is InChI=1S/C18H17FN2O3/c1-18(2,3)24-17(22)14-5-4-12(9-15(14)19)23-13-8-11-6-7-20-16(11)21-10-13/h4-10H,1-3H3,(H,20,21). The van der Waals surface area contributed by atoms with E-state index in [0.29, 0.717) is 5.75 Å². The number of H-pyrrole nitrogens is 1.